The fourth-order valence-electron chi connectivity index (χ4n) is 0.726. The molecule has 0 aliphatic heterocycles. The highest BCUT2D eigenvalue weighted by molar-refractivity contribution is 7.80. The quantitative estimate of drug-likeness (QED) is 0.705. The lowest BCUT2D eigenvalue weighted by Crippen LogP contribution is -1.91. The van der Waals surface area contributed by atoms with Crippen LogP contribution in [-0.4, -0.2) is 16.8 Å². The van der Waals surface area contributed by atoms with Gasteiger partial charge in [-0.3, -0.25) is 0 Å². The number of rotatable bonds is 3. The summed E-state index contributed by atoms with van der Waals surface area (Å²) in [6.45, 7) is 0. The summed E-state index contributed by atoms with van der Waals surface area (Å²) >= 11 is 3.95. The number of aromatic carboxylic acids is 1. The summed E-state index contributed by atoms with van der Waals surface area (Å²) in [5.41, 5.74) is 0. The Labute approximate surface area is 75.1 Å². The molecule has 0 aliphatic rings. The third kappa shape index (κ3) is 2.17. The number of hydrogen-bond acceptors (Lipinski definition) is 3. The Morgan fingerprint density at radius 2 is 2.42 bits per heavy atom. The molecule has 0 bridgehead atoms. The number of furan rings is 1. The number of hydrogen-bond donors (Lipinski definition) is 2. The van der Waals surface area contributed by atoms with Crippen LogP contribution in [0.4, 0.5) is 0 Å². The van der Waals surface area contributed by atoms with Crippen molar-refractivity contribution in [3.63, 3.8) is 0 Å². The molecule has 0 aliphatic carbocycles. The largest absolute Gasteiger partial charge is 0.475 e. The van der Waals surface area contributed by atoms with Crippen LogP contribution in [0.1, 0.15) is 16.3 Å². The molecule has 64 valence electrons. The van der Waals surface area contributed by atoms with Crippen molar-refractivity contribution in [3.8, 4) is 0 Å². The van der Waals surface area contributed by atoms with Crippen molar-refractivity contribution >= 4 is 24.7 Å². The molecule has 0 saturated carbocycles. The third-order valence-electron chi connectivity index (χ3n) is 1.23. The van der Waals surface area contributed by atoms with E-state index in [0.717, 1.165) is 0 Å². The van der Waals surface area contributed by atoms with Crippen molar-refractivity contribution in [3.05, 3.63) is 29.7 Å². The Morgan fingerprint density at radius 3 is 2.92 bits per heavy atom. The summed E-state index contributed by atoms with van der Waals surface area (Å²) in [6.07, 6.45) is 3.45. The highest BCUT2D eigenvalue weighted by atomic mass is 32.1. The van der Waals surface area contributed by atoms with E-state index in [4.69, 9.17) is 9.52 Å². The van der Waals surface area contributed by atoms with Gasteiger partial charge < -0.3 is 9.52 Å². The minimum atomic E-state index is -1.06. The molecule has 0 unspecified atom stereocenters. The summed E-state index contributed by atoms with van der Waals surface area (Å²) in [7, 11) is 0. The standard InChI is InChI=1S/C8H8O3S/c9-8(10)7-4-3-6(11-7)2-1-5-12/h1-4,12H,5H2,(H,9,10). The molecule has 3 nitrogen and oxygen atoms in total. The molecule has 0 saturated heterocycles. The molecule has 4 heteroatoms. The summed E-state index contributed by atoms with van der Waals surface area (Å²) < 4.78 is 4.93. The smallest absolute Gasteiger partial charge is 0.371 e. The zero-order valence-corrected chi connectivity index (χ0v) is 7.12. The monoisotopic (exact) mass is 184 g/mol. The number of carboxylic acids is 1. The van der Waals surface area contributed by atoms with Crippen LogP contribution in [0, 0.1) is 0 Å². The zero-order valence-electron chi connectivity index (χ0n) is 6.23. The van der Waals surface area contributed by atoms with Gasteiger partial charge in [-0.15, -0.1) is 0 Å². The predicted molar refractivity (Wildman–Crippen MR) is 48.6 cm³/mol. The Morgan fingerprint density at radius 1 is 1.67 bits per heavy atom. The van der Waals surface area contributed by atoms with Gasteiger partial charge in [0.2, 0.25) is 5.76 Å². The summed E-state index contributed by atoms with van der Waals surface area (Å²) in [5, 5.41) is 8.49. The minimum Gasteiger partial charge on any atom is -0.475 e. The first-order valence-electron chi connectivity index (χ1n) is 3.34. The SMILES string of the molecule is O=C(O)c1ccc(C=CCS)o1. The number of carbonyl (C=O) groups is 1. The second-order valence-corrected chi connectivity index (χ2v) is 2.46. The Balaban J connectivity index is 2.77. The van der Waals surface area contributed by atoms with Gasteiger partial charge in [0, 0.05) is 5.75 Å². The minimum absolute atomic E-state index is 0.0474. The topological polar surface area (TPSA) is 50.4 Å². The van der Waals surface area contributed by atoms with Crippen molar-refractivity contribution in [1.82, 2.24) is 0 Å². The maximum absolute atomic E-state index is 10.4. The molecule has 1 aromatic rings. The second-order valence-electron chi connectivity index (χ2n) is 2.09. The summed E-state index contributed by atoms with van der Waals surface area (Å²) in [4.78, 5) is 10.4. The van der Waals surface area contributed by atoms with Crippen molar-refractivity contribution in [2.45, 2.75) is 0 Å². The van der Waals surface area contributed by atoms with Gasteiger partial charge in [-0.25, -0.2) is 4.79 Å². The van der Waals surface area contributed by atoms with Crippen molar-refractivity contribution in [2.75, 3.05) is 5.75 Å². The van der Waals surface area contributed by atoms with Gasteiger partial charge in [0.15, 0.2) is 0 Å². The number of carboxylic acid groups (broad SMARTS) is 1. The predicted octanol–water partition coefficient (Wildman–Crippen LogP) is 1.92. The van der Waals surface area contributed by atoms with Crippen LogP contribution in [0.3, 0.4) is 0 Å². The second kappa shape index (κ2) is 4.01. The fourth-order valence-corrected chi connectivity index (χ4v) is 0.832. The lowest BCUT2D eigenvalue weighted by atomic mass is 10.4. The van der Waals surface area contributed by atoms with E-state index in [-0.39, 0.29) is 5.76 Å². The molecule has 0 spiro atoms. The van der Waals surface area contributed by atoms with E-state index in [2.05, 4.69) is 12.6 Å². The zero-order chi connectivity index (χ0) is 8.97. The van der Waals surface area contributed by atoms with Gasteiger partial charge >= 0.3 is 5.97 Å². The van der Waals surface area contributed by atoms with Crippen LogP contribution >= 0.6 is 12.6 Å². The van der Waals surface area contributed by atoms with Crippen LogP contribution in [-0.2, 0) is 0 Å². The first-order chi connectivity index (χ1) is 5.74. The summed E-state index contributed by atoms with van der Waals surface area (Å²) in [5.74, 6) is 0.0270. The Hall–Kier alpha value is -1.16. The fraction of sp³-hybridized carbons (Fsp3) is 0.125. The van der Waals surface area contributed by atoms with Gasteiger partial charge in [0.25, 0.3) is 0 Å². The Bertz CT molecular complexity index is 301. The van der Waals surface area contributed by atoms with Crippen molar-refractivity contribution < 1.29 is 14.3 Å². The van der Waals surface area contributed by atoms with Crippen molar-refractivity contribution in [2.24, 2.45) is 0 Å². The molecule has 0 aromatic carbocycles. The third-order valence-corrected chi connectivity index (χ3v) is 1.44. The molecule has 1 rings (SSSR count). The van der Waals surface area contributed by atoms with Crippen LogP contribution in [0.25, 0.3) is 6.08 Å². The van der Waals surface area contributed by atoms with Gasteiger partial charge in [0.05, 0.1) is 0 Å². The van der Waals surface area contributed by atoms with Gasteiger partial charge in [0.1, 0.15) is 5.76 Å². The van der Waals surface area contributed by atoms with E-state index in [9.17, 15) is 4.79 Å². The van der Waals surface area contributed by atoms with E-state index in [1.165, 1.54) is 6.07 Å². The molecule has 0 amide bonds. The number of thiol groups is 1. The first kappa shape index (κ1) is 8.93. The molecule has 0 atom stereocenters. The van der Waals surface area contributed by atoms with E-state index >= 15 is 0 Å². The molecular formula is C8H8O3S. The van der Waals surface area contributed by atoms with E-state index < -0.39 is 5.97 Å². The molecular weight excluding hydrogens is 176 g/mol. The normalized spacial score (nSPS) is 10.8. The van der Waals surface area contributed by atoms with E-state index in [1.807, 2.05) is 0 Å². The molecule has 12 heavy (non-hydrogen) atoms. The average Bonchev–Trinajstić information content (AvgIpc) is 2.48. The van der Waals surface area contributed by atoms with E-state index in [1.54, 1.807) is 18.2 Å². The summed E-state index contributed by atoms with van der Waals surface area (Å²) in [6, 6.07) is 3.02. The van der Waals surface area contributed by atoms with Crippen LogP contribution in [0.5, 0.6) is 0 Å². The van der Waals surface area contributed by atoms with Crippen LogP contribution in [0.2, 0.25) is 0 Å². The Kier molecular flexibility index (Phi) is 2.99. The van der Waals surface area contributed by atoms with Gasteiger partial charge in [-0.2, -0.15) is 12.6 Å². The van der Waals surface area contributed by atoms with Gasteiger partial charge in [-0.1, -0.05) is 6.08 Å². The lowest BCUT2D eigenvalue weighted by Gasteiger charge is -1.84. The van der Waals surface area contributed by atoms with Gasteiger partial charge in [-0.05, 0) is 18.2 Å². The van der Waals surface area contributed by atoms with E-state index in [0.29, 0.717) is 11.5 Å². The lowest BCUT2D eigenvalue weighted by molar-refractivity contribution is 0.0662. The molecule has 1 heterocycles. The molecule has 0 radical (unpaired) electrons. The first-order valence-corrected chi connectivity index (χ1v) is 3.98. The maximum Gasteiger partial charge on any atom is 0.371 e. The van der Waals surface area contributed by atoms with Crippen LogP contribution < -0.4 is 0 Å². The van der Waals surface area contributed by atoms with Crippen LogP contribution in [0.15, 0.2) is 22.6 Å². The molecule has 0 fully saturated rings. The average molecular weight is 184 g/mol. The highest BCUT2D eigenvalue weighted by Gasteiger charge is 2.06. The van der Waals surface area contributed by atoms with Crippen molar-refractivity contribution in [1.29, 1.82) is 0 Å². The molecule has 1 N–H and O–H groups in total. The highest BCUT2D eigenvalue weighted by Crippen LogP contribution is 2.09. The maximum atomic E-state index is 10.4. The molecule has 1 aromatic heterocycles.